The van der Waals surface area contributed by atoms with Crippen LogP contribution in [0.15, 0.2) is 47.1 Å². The highest BCUT2D eigenvalue weighted by Crippen LogP contribution is 2.54. The van der Waals surface area contributed by atoms with Gasteiger partial charge in [-0.25, -0.2) is 8.78 Å². The fourth-order valence-electron chi connectivity index (χ4n) is 7.27. The van der Waals surface area contributed by atoms with E-state index in [2.05, 4.69) is 21.9 Å². The SMILES string of the molecule is COc1cc(F)c(C2=NOC3COCC23)cc1C(=O)N[C@H]1[C@@H](C(=O)Nc2ccc(F)c(C(F)(F)F)c2)[C@H]2CC[C@@H]1/C2=C\C1CC1. The number of fused-ring (bicyclic) bond motifs is 3. The number of hydrogen-bond acceptors (Lipinski definition) is 6. The highest BCUT2D eigenvalue weighted by atomic mass is 19.4. The van der Waals surface area contributed by atoms with Gasteiger partial charge in [-0.1, -0.05) is 16.8 Å². The molecule has 13 heteroatoms. The zero-order chi connectivity index (χ0) is 31.6. The smallest absolute Gasteiger partial charge is 0.419 e. The first-order chi connectivity index (χ1) is 21.5. The van der Waals surface area contributed by atoms with E-state index in [1.807, 2.05) is 0 Å². The van der Waals surface area contributed by atoms with Gasteiger partial charge in [0.15, 0.2) is 6.10 Å². The molecule has 2 aromatic carbocycles. The van der Waals surface area contributed by atoms with Crippen LogP contribution in [-0.4, -0.2) is 50.0 Å². The van der Waals surface area contributed by atoms with Crippen LogP contribution in [0.4, 0.5) is 27.6 Å². The van der Waals surface area contributed by atoms with E-state index < -0.39 is 47.1 Å². The summed E-state index contributed by atoms with van der Waals surface area (Å²) in [5, 5.41) is 9.59. The van der Waals surface area contributed by atoms with Crippen LogP contribution in [0.1, 0.15) is 47.2 Å². The van der Waals surface area contributed by atoms with E-state index in [1.165, 1.54) is 13.2 Å². The Morgan fingerprint density at radius 2 is 1.78 bits per heavy atom. The third kappa shape index (κ3) is 5.34. The summed E-state index contributed by atoms with van der Waals surface area (Å²) in [5.74, 6) is -4.38. The second-order valence-electron chi connectivity index (χ2n) is 12.3. The molecule has 3 saturated carbocycles. The average molecular weight is 632 g/mol. The molecule has 3 aliphatic carbocycles. The Balaban J connectivity index is 1.19. The zero-order valence-corrected chi connectivity index (χ0v) is 24.1. The van der Waals surface area contributed by atoms with Crippen LogP contribution in [0.25, 0.3) is 0 Å². The molecule has 0 radical (unpaired) electrons. The Labute approximate surface area is 255 Å². The van der Waals surface area contributed by atoms with E-state index >= 15 is 4.39 Å². The molecule has 5 aliphatic rings. The van der Waals surface area contributed by atoms with Crippen molar-refractivity contribution >= 4 is 23.2 Å². The standard InChI is InChI=1S/C32H30F5N3O5/c1-43-25-11-24(34)19(28-21-12-44-13-26(21)45-40-28)10-20(25)30(41)39-29-17-6-5-16(18(17)8-14-2-3-14)27(29)31(42)38-15-4-7-23(33)22(9-15)32(35,36)37/h4,7-11,14,16-17,21,26-27,29H,2-3,5-6,12-13H2,1H3,(H,38,42)(H,39,41)/b18-8-/t16-,17+,21?,26?,27-,29+/m0/s1. The molecule has 2 N–H and O–H groups in total. The molecule has 8 nitrogen and oxygen atoms in total. The lowest BCUT2D eigenvalue weighted by Crippen LogP contribution is -2.48. The lowest BCUT2D eigenvalue weighted by Gasteiger charge is -2.30. The van der Waals surface area contributed by atoms with Crippen molar-refractivity contribution in [3.63, 3.8) is 0 Å². The van der Waals surface area contributed by atoms with Gasteiger partial charge in [0.1, 0.15) is 17.4 Å². The Morgan fingerprint density at radius 3 is 2.51 bits per heavy atom. The van der Waals surface area contributed by atoms with Crippen molar-refractivity contribution in [1.29, 1.82) is 0 Å². The van der Waals surface area contributed by atoms with Gasteiger partial charge < -0.3 is 24.9 Å². The second-order valence-corrected chi connectivity index (χ2v) is 12.3. The summed E-state index contributed by atoms with van der Waals surface area (Å²) in [5.41, 5.74) is -0.188. The maximum absolute atomic E-state index is 15.3. The normalized spacial score (nSPS) is 29.4. The lowest BCUT2D eigenvalue weighted by atomic mass is 9.83. The van der Waals surface area contributed by atoms with Crippen LogP contribution in [0.2, 0.25) is 0 Å². The van der Waals surface area contributed by atoms with E-state index in [9.17, 15) is 27.2 Å². The summed E-state index contributed by atoms with van der Waals surface area (Å²) >= 11 is 0. The third-order valence-electron chi connectivity index (χ3n) is 9.56. The largest absolute Gasteiger partial charge is 0.496 e. The van der Waals surface area contributed by atoms with E-state index in [4.69, 9.17) is 14.3 Å². The van der Waals surface area contributed by atoms with E-state index in [0.717, 1.165) is 37.0 Å². The van der Waals surface area contributed by atoms with Gasteiger partial charge in [0.2, 0.25) is 5.91 Å². The zero-order valence-electron chi connectivity index (χ0n) is 24.1. The summed E-state index contributed by atoms with van der Waals surface area (Å²) in [6, 6.07) is 4.06. The number of rotatable bonds is 7. The Kier molecular flexibility index (Phi) is 7.33. The molecule has 2 aliphatic heterocycles. The Bertz CT molecular complexity index is 1620. The quantitative estimate of drug-likeness (QED) is 0.312. The number of allylic oxidation sites excluding steroid dienone is 1. The number of carbonyl (C=O) groups excluding carboxylic acids is 2. The van der Waals surface area contributed by atoms with Crippen LogP contribution in [-0.2, 0) is 20.5 Å². The molecule has 2 heterocycles. The number of anilines is 1. The van der Waals surface area contributed by atoms with Crippen LogP contribution < -0.4 is 15.4 Å². The third-order valence-corrected chi connectivity index (χ3v) is 9.56. The van der Waals surface area contributed by atoms with Crippen LogP contribution >= 0.6 is 0 Å². The minimum absolute atomic E-state index is 0.0172. The lowest BCUT2D eigenvalue weighted by molar-refractivity contribution is -0.140. The molecular formula is C32H30F5N3O5. The highest BCUT2D eigenvalue weighted by molar-refractivity contribution is 6.07. The van der Waals surface area contributed by atoms with E-state index in [-0.39, 0.29) is 46.4 Å². The molecule has 2 amide bonds. The van der Waals surface area contributed by atoms with Crippen molar-refractivity contribution in [3.05, 3.63) is 70.3 Å². The summed E-state index contributed by atoms with van der Waals surface area (Å²) in [6.07, 6.45) is 0.351. The van der Waals surface area contributed by atoms with Crippen molar-refractivity contribution in [1.82, 2.24) is 5.32 Å². The molecule has 238 valence electrons. The van der Waals surface area contributed by atoms with Crippen molar-refractivity contribution < 1.29 is 45.9 Å². The van der Waals surface area contributed by atoms with Crippen molar-refractivity contribution in [2.75, 3.05) is 25.6 Å². The maximum atomic E-state index is 15.3. The number of ether oxygens (including phenoxy) is 2. The van der Waals surface area contributed by atoms with Crippen LogP contribution in [0.3, 0.4) is 0 Å². The second kappa shape index (κ2) is 11.1. The Hall–Kier alpha value is -4.00. The maximum Gasteiger partial charge on any atom is 0.419 e. The van der Waals surface area contributed by atoms with Gasteiger partial charge in [-0.15, -0.1) is 0 Å². The molecule has 4 fully saturated rings. The van der Waals surface area contributed by atoms with Gasteiger partial charge in [0.25, 0.3) is 5.91 Å². The first-order valence-corrected chi connectivity index (χ1v) is 14.9. The number of methoxy groups -OCH3 is 1. The van der Waals surface area contributed by atoms with Gasteiger partial charge >= 0.3 is 6.18 Å². The van der Waals surface area contributed by atoms with E-state index in [1.54, 1.807) is 0 Å². The monoisotopic (exact) mass is 631 g/mol. The molecule has 2 aromatic rings. The van der Waals surface area contributed by atoms with Gasteiger partial charge in [-0.2, -0.15) is 13.2 Å². The summed E-state index contributed by atoms with van der Waals surface area (Å²) < 4.78 is 80.0. The van der Waals surface area contributed by atoms with E-state index in [0.29, 0.717) is 43.4 Å². The van der Waals surface area contributed by atoms with Crippen molar-refractivity contribution in [3.8, 4) is 5.75 Å². The first kappa shape index (κ1) is 29.7. The number of benzene rings is 2. The first-order valence-electron chi connectivity index (χ1n) is 14.9. The van der Waals surface area contributed by atoms with Gasteiger partial charge in [0.05, 0.1) is 49.0 Å². The molecule has 6 atom stereocenters. The van der Waals surface area contributed by atoms with Crippen molar-refractivity contribution in [2.45, 2.75) is 44.0 Å². The van der Waals surface area contributed by atoms with Crippen LogP contribution in [0.5, 0.6) is 5.75 Å². The molecular weight excluding hydrogens is 601 g/mol. The van der Waals surface area contributed by atoms with Gasteiger partial charge in [0, 0.05) is 29.3 Å². The molecule has 0 spiro atoms. The fraction of sp³-hybridized carbons (Fsp3) is 0.469. The van der Waals surface area contributed by atoms with Gasteiger partial charge in [-0.05, 0) is 61.8 Å². The molecule has 1 saturated heterocycles. The minimum Gasteiger partial charge on any atom is -0.496 e. The molecule has 2 unspecified atom stereocenters. The number of carbonyl (C=O) groups is 2. The minimum atomic E-state index is -4.94. The average Bonchev–Trinajstić information content (AvgIpc) is 3.27. The predicted octanol–water partition coefficient (Wildman–Crippen LogP) is 5.47. The molecule has 45 heavy (non-hydrogen) atoms. The highest BCUT2D eigenvalue weighted by Gasteiger charge is 2.55. The van der Waals surface area contributed by atoms with Crippen molar-refractivity contribution in [2.24, 2.45) is 34.7 Å². The van der Waals surface area contributed by atoms with Gasteiger partial charge in [-0.3, -0.25) is 9.59 Å². The summed E-state index contributed by atoms with van der Waals surface area (Å²) in [6.45, 7) is 0.621. The number of amides is 2. The number of halogens is 5. The predicted molar refractivity (Wildman–Crippen MR) is 150 cm³/mol. The molecule has 7 rings (SSSR count). The number of nitrogens with one attached hydrogen (secondary N) is 2. The summed E-state index contributed by atoms with van der Waals surface area (Å²) in [7, 11) is 1.31. The van der Waals surface area contributed by atoms with Crippen LogP contribution in [0, 0.1) is 41.2 Å². The molecule has 2 bridgehead atoms. The fourth-order valence-corrected chi connectivity index (χ4v) is 7.27. The Morgan fingerprint density at radius 1 is 1.00 bits per heavy atom. The number of hydrogen-bond donors (Lipinski definition) is 2. The number of oxime groups is 1. The molecule has 0 aromatic heterocycles. The topological polar surface area (TPSA) is 98.2 Å². The number of alkyl halides is 3. The number of nitrogens with zero attached hydrogens (tertiary/aromatic N) is 1. The summed E-state index contributed by atoms with van der Waals surface area (Å²) in [4.78, 5) is 33.0.